The zero-order valence-corrected chi connectivity index (χ0v) is 11.6. The molecule has 1 aromatic heterocycles. The third kappa shape index (κ3) is 4.33. The lowest BCUT2D eigenvalue weighted by atomic mass is 10.3. The molecule has 1 aliphatic rings. The van der Waals surface area contributed by atoms with E-state index in [-0.39, 0.29) is 6.10 Å². The number of ether oxygens (including phenoxy) is 2. The van der Waals surface area contributed by atoms with E-state index >= 15 is 0 Å². The number of hydrogen-bond donors (Lipinski definition) is 1. The predicted molar refractivity (Wildman–Crippen MR) is 73.7 cm³/mol. The quantitative estimate of drug-likeness (QED) is 0.817. The van der Waals surface area contributed by atoms with Crippen LogP contribution in [0.3, 0.4) is 0 Å². The molecule has 0 saturated carbocycles. The molecule has 0 amide bonds. The smallest absolute Gasteiger partial charge is 0.228 e. The molecule has 1 unspecified atom stereocenters. The fourth-order valence-corrected chi connectivity index (χ4v) is 1.93. The van der Waals surface area contributed by atoms with Crippen molar-refractivity contribution in [1.82, 2.24) is 15.3 Å². The third-order valence-corrected chi connectivity index (χ3v) is 2.89. The fourth-order valence-electron chi connectivity index (χ4n) is 1.93. The molecule has 1 atom stereocenters. The second-order valence-corrected chi connectivity index (χ2v) is 4.62. The molecule has 1 saturated heterocycles. The highest BCUT2D eigenvalue weighted by molar-refractivity contribution is 5.30. The lowest BCUT2D eigenvalue weighted by Crippen LogP contribution is -2.44. The van der Waals surface area contributed by atoms with Crippen LogP contribution in [0.4, 0.5) is 5.95 Å². The van der Waals surface area contributed by atoms with Crippen LogP contribution in [0.5, 0.6) is 5.88 Å². The van der Waals surface area contributed by atoms with E-state index < -0.39 is 0 Å². The highest BCUT2D eigenvalue weighted by Gasteiger charge is 2.17. The van der Waals surface area contributed by atoms with Crippen molar-refractivity contribution in [2.45, 2.75) is 19.4 Å². The molecule has 0 spiro atoms. The molecule has 1 aliphatic heterocycles. The summed E-state index contributed by atoms with van der Waals surface area (Å²) in [5.74, 6) is 1.30. The summed E-state index contributed by atoms with van der Waals surface area (Å²) in [5.41, 5.74) is 0. The fraction of sp³-hybridized carbons (Fsp3) is 0.692. The van der Waals surface area contributed by atoms with Crippen molar-refractivity contribution in [3.63, 3.8) is 0 Å². The van der Waals surface area contributed by atoms with Crippen LogP contribution < -0.4 is 15.0 Å². The van der Waals surface area contributed by atoms with Gasteiger partial charge in [-0.3, -0.25) is 0 Å². The van der Waals surface area contributed by atoms with Gasteiger partial charge in [0.15, 0.2) is 0 Å². The second kappa shape index (κ2) is 7.25. The van der Waals surface area contributed by atoms with E-state index in [0.29, 0.717) is 18.4 Å². The van der Waals surface area contributed by atoms with Gasteiger partial charge in [0, 0.05) is 38.9 Å². The monoisotopic (exact) mass is 266 g/mol. The Morgan fingerprint density at radius 1 is 1.58 bits per heavy atom. The Hall–Kier alpha value is -1.40. The molecule has 0 radical (unpaired) electrons. The van der Waals surface area contributed by atoms with Crippen LogP contribution in [0.15, 0.2) is 12.3 Å². The molecule has 2 rings (SSSR count). The van der Waals surface area contributed by atoms with Crippen molar-refractivity contribution in [3.8, 4) is 5.88 Å². The summed E-state index contributed by atoms with van der Waals surface area (Å²) in [6, 6.07) is 1.78. The molecule has 19 heavy (non-hydrogen) atoms. The highest BCUT2D eigenvalue weighted by atomic mass is 16.5. The predicted octanol–water partition coefficient (Wildman–Crippen LogP) is 0.690. The molecule has 6 heteroatoms. The average Bonchev–Trinajstić information content (AvgIpc) is 2.46. The lowest BCUT2D eigenvalue weighted by molar-refractivity contribution is 0.0338. The van der Waals surface area contributed by atoms with Gasteiger partial charge in [0.05, 0.1) is 19.3 Å². The van der Waals surface area contributed by atoms with E-state index in [2.05, 4.69) is 22.2 Å². The first-order valence-corrected chi connectivity index (χ1v) is 6.79. The van der Waals surface area contributed by atoms with Crippen molar-refractivity contribution in [2.75, 3.05) is 44.8 Å². The second-order valence-electron chi connectivity index (χ2n) is 4.62. The Morgan fingerprint density at radius 2 is 2.47 bits per heavy atom. The number of rotatable bonds is 6. The number of likely N-dealkylation sites (N-methyl/N-ethyl adjacent to an activating group) is 1. The molecule has 0 aromatic carbocycles. The van der Waals surface area contributed by atoms with Crippen molar-refractivity contribution in [2.24, 2.45) is 0 Å². The Bertz CT molecular complexity index is 383. The van der Waals surface area contributed by atoms with Crippen LogP contribution in [-0.4, -0.2) is 56.0 Å². The van der Waals surface area contributed by atoms with E-state index in [1.165, 1.54) is 0 Å². The Kier molecular flexibility index (Phi) is 5.35. The normalized spacial score (nSPS) is 19.2. The summed E-state index contributed by atoms with van der Waals surface area (Å²) in [7, 11) is 1.97. The van der Waals surface area contributed by atoms with Crippen LogP contribution in [-0.2, 0) is 4.74 Å². The molecule has 1 fully saturated rings. The summed E-state index contributed by atoms with van der Waals surface area (Å²) >= 11 is 0. The van der Waals surface area contributed by atoms with Gasteiger partial charge >= 0.3 is 0 Å². The van der Waals surface area contributed by atoms with Gasteiger partial charge in [0.1, 0.15) is 0 Å². The minimum Gasteiger partial charge on any atom is -0.478 e. The van der Waals surface area contributed by atoms with Gasteiger partial charge in [-0.15, -0.1) is 0 Å². The number of anilines is 1. The first-order valence-electron chi connectivity index (χ1n) is 6.79. The van der Waals surface area contributed by atoms with Crippen LogP contribution in [0, 0.1) is 0 Å². The SMILES string of the molecule is CCCOc1ccnc(N(C)CC2CNCCO2)n1. The maximum Gasteiger partial charge on any atom is 0.228 e. The Balaban J connectivity index is 1.91. The van der Waals surface area contributed by atoms with E-state index in [1.807, 2.05) is 11.9 Å². The van der Waals surface area contributed by atoms with Crippen LogP contribution in [0.1, 0.15) is 13.3 Å². The largest absolute Gasteiger partial charge is 0.478 e. The van der Waals surface area contributed by atoms with E-state index in [0.717, 1.165) is 32.7 Å². The standard InChI is InChI=1S/C13H22N4O2/c1-3-7-19-12-4-5-15-13(16-12)17(2)10-11-9-14-6-8-18-11/h4-5,11,14H,3,6-10H2,1-2H3. The van der Waals surface area contributed by atoms with Gasteiger partial charge in [-0.2, -0.15) is 4.98 Å². The number of hydrogen-bond acceptors (Lipinski definition) is 6. The van der Waals surface area contributed by atoms with Gasteiger partial charge in [-0.25, -0.2) is 4.98 Å². The molecule has 6 nitrogen and oxygen atoms in total. The van der Waals surface area contributed by atoms with Gasteiger partial charge in [-0.1, -0.05) is 6.92 Å². The minimum atomic E-state index is 0.183. The van der Waals surface area contributed by atoms with Gasteiger partial charge in [0.25, 0.3) is 0 Å². The van der Waals surface area contributed by atoms with Crippen LogP contribution in [0.25, 0.3) is 0 Å². The molecule has 1 N–H and O–H groups in total. The molecule has 0 aliphatic carbocycles. The highest BCUT2D eigenvalue weighted by Crippen LogP contribution is 2.12. The Labute approximate surface area is 114 Å². The average molecular weight is 266 g/mol. The van der Waals surface area contributed by atoms with Crippen molar-refractivity contribution in [1.29, 1.82) is 0 Å². The molecule has 0 bridgehead atoms. The van der Waals surface area contributed by atoms with Crippen LogP contribution in [0.2, 0.25) is 0 Å². The van der Waals surface area contributed by atoms with E-state index in [4.69, 9.17) is 9.47 Å². The zero-order chi connectivity index (χ0) is 13.5. The summed E-state index contributed by atoms with van der Waals surface area (Å²) in [5, 5.41) is 3.31. The summed E-state index contributed by atoms with van der Waals surface area (Å²) < 4.78 is 11.2. The lowest BCUT2D eigenvalue weighted by Gasteiger charge is -2.28. The summed E-state index contributed by atoms with van der Waals surface area (Å²) in [6.07, 6.45) is 2.88. The minimum absolute atomic E-state index is 0.183. The number of aromatic nitrogens is 2. The van der Waals surface area contributed by atoms with Crippen molar-refractivity contribution < 1.29 is 9.47 Å². The van der Waals surface area contributed by atoms with Gasteiger partial charge < -0.3 is 19.7 Å². The topological polar surface area (TPSA) is 59.5 Å². The molecular formula is C13H22N4O2. The molecule has 1 aromatic rings. The number of nitrogens with zero attached hydrogens (tertiary/aromatic N) is 3. The Morgan fingerprint density at radius 3 is 3.21 bits per heavy atom. The van der Waals surface area contributed by atoms with E-state index in [9.17, 15) is 0 Å². The van der Waals surface area contributed by atoms with Gasteiger partial charge in [-0.05, 0) is 6.42 Å². The van der Waals surface area contributed by atoms with E-state index in [1.54, 1.807) is 12.3 Å². The molecule has 2 heterocycles. The summed E-state index contributed by atoms with van der Waals surface area (Å²) in [4.78, 5) is 10.7. The molecular weight excluding hydrogens is 244 g/mol. The maximum absolute atomic E-state index is 5.67. The third-order valence-electron chi connectivity index (χ3n) is 2.89. The van der Waals surface area contributed by atoms with Gasteiger partial charge in [0.2, 0.25) is 11.8 Å². The molecule has 106 valence electrons. The number of nitrogens with one attached hydrogen (secondary N) is 1. The first-order chi connectivity index (χ1) is 9.29. The van der Waals surface area contributed by atoms with Crippen molar-refractivity contribution in [3.05, 3.63) is 12.3 Å². The number of morpholine rings is 1. The maximum atomic E-state index is 5.67. The van der Waals surface area contributed by atoms with Crippen LogP contribution >= 0.6 is 0 Å². The zero-order valence-electron chi connectivity index (χ0n) is 11.6. The first kappa shape index (κ1) is 14.0. The summed E-state index contributed by atoms with van der Waals surface area (Å²) in [6.45, 7) is 6.08. The van der Waals surface area contributed by atoms with Crippen molar-refractivity contribution >= 4 is 5.95 Å².